The van der Waals surface area contributed by atoms with Gasteiger partial charge in [-0.1, -0.05) is 11.5 Å². The third-order valence-electron chi connectivity index (χ3n) is 3.42. The highest BCUT2D eigenvalue weighted by Crippen LogP contribution is 2.19. The average Bonchev–Trinajstić information content (AvgIpc) is 2.75. The molecule has 0 saturated carbocycles. The molecule has 0 aliphatic carbocycles. The van der Waals surface area contributed by atoms with Crippen LogP contribution in [0.2, 0.25) is 0 Å². The van der Waals surface area contributed by atoms with Gasteiger partial charge in [-0.25, -0.2) is 0 Å². The summed E-state index contributed by atoms with van der Waals surface area (Å²) in [7, 11) is 0. The van der Waals surface area contributed by atoms with Gasteiger partial charge in [0.15, 0.2) is 0 Å². The molecular formula is C13H16N4O2S. The number of nitrogen functional groups attached to an aromatic ring is 1. The SMILES string of the molecule is Nc1ccc2c(=O)n(CC(=O)N3CCNCC3)sc2c1. The molecule has 3 rings (SSSR count). The molecule has 0 unspecified atom stereocenters. The number of nitrogens with two attached hydrogens (primary N) is 1. The molecule has 0 spiro atoms. The number of rotatable bonds is 2. The lowest BCUT2D eigenvalue weighted by Gasteiger charge is -2.27. The van der Waals surface area contributed by atoms with E-state index in [-0.39, 0.29) is 18.0 Å². The number of hydrogen-bond donors (Lipinski definition) is 2. The van der Waals surface area contributed by atoms with Crippen LogP contribution in [0.25, 0.3) is 10.1 Å². The van der Waals surface area contributed by atoms with Crippen molar-refractivity contribution in [2.75, 3.05) is 31.9 Å². The summed E-state index contributed by atoms with van der Waals surface area (Å²) in [6, 6.07) is 5.20. The second kappa shape index (κ2) is 5.26. The van der Waals surface area contributed by atoms with Crippen molar-refractivity contribution in [2.45, 2.75) is 6.54 Å². The number of anilines is 1. The van der Waals surface area contributed by atoms with E-state index in [2.05, 4.69) is 5.32 Å². The van der Waals surface area contributed by atoms with Gasteiger partial charge in [-0.15, -0.1) is 0 Å². The van der Waals surface area contributed by atoms with E-state index in [1.165, 1.54) is 15.5 Å². The number of carbonyl (C=O) groups is 1. The first-order valence-electron chi connectivity index (χ1n) is 6.53. The van der Waals surface area contributed by atoms with Crippen LogP contribution in [-0.2, 0) is 11.3 Å². The maximum Gasteiger partial charge on any atom is 0.269 e. The Kier molecular flexibility index (Phi) is 3.45. The summed E-state index contributed by atoms with van der Waals surface area (Å²) < 4.78 is 2.33. The first kappa shape index (κ1) is 13.1. The van der Waals surface area contributed by atoms with Gasteiger partial charge in [0.2, 0.25) is 5.91 Å². The number of nitrogens with zero attached hydrogens (tertiary/aromatic N) is 2. The van der Waals surface area contributed by atoms with Crippen LogP contribution in [0, 0.1) is 0 Å². The van der Waals surface area contributed by atoms with Crippen LogP contribution in [0.1, 0.15) is 0 Å². The Morgan fingerprint density at radius 1 is 1.35 bits per heavy atom. The molecule has 0 bridgehead atoms. The van der Waals surface area contributed by atoms with Crippen molar-refractivity contribution in [3.05, 3.63) is 28.6 Å². The summed E-state index contributed by atoms with van der Waals surface area (Å²) in [6.07, 6.45) is 0. The maximum atomic E-state index is 12.2. The monoisotopic (exact) mass is 292 g/mol. The molecule has 2 heterocycles. The number of nitrogens with one attached hydrogen (secondary N) is 1. The van der Waals surface area contributed by atoms with Gasteiger partial charge in [0.05, 0.1) is 10.1 Å². The topological polar surface area (TPSA) is 80.4 Å². The van der Waals surface area contributed by atoms with Gasteiger partial charge in [0.25, 0.3) is 5.56 Å². The highest BCUT2D eigenvalue weighted by molar-refractivity contribution is 7.13. The highest BCUT2D eigenvalue weighted by Gasteiger charge is 2.18. The zero-order valence-electron chi connectivity index (χ0n) is 11.0. The minimum Gasteiger partial charge on any atom is -0.399 e. The van der Waals surface area contributed by atoms with Crippen molar-refractivity contribution < 1.29 is 4.79 Å². The summed E-state index contributed by atoms with van der Waals surface area (Å²) in [5, 5.41) is 3.82. The molecule has 1 amide bonds. The van der Waals surface area contributed by atoms with Gasteiger partial charge in [0, 0.05) is 31.9 Å². The molecule has 0 radical (unpaired) electrons. The Bertz CT molecular complexity index is 700. The molecule has 0 atom stereocenters. The quantitative estimate of drug-likeness (QED) is 0.768. The summed E-state index contributed by atoms with van der Waals surface area (Å²) in [5.41, 5.74) is 6.22. The molecule has 1 aliphatic rings. The molecule has 3 N–H and O–H groups in total. The van der Waals surface area contributed by atoms with Crippen molar-refractivity contribution in [3.63, 3.8) is 0 Å². The summed E-state index contributed by atoms with van der Waals surface area (Å²) in [5.74, 6) is -0.00636. The van der Waals surface area contributed by atoms with Crippen molar-refractivity contribution in [1.29, 1.82) is 0 Å². The van der Waals surface area contributed by atoms with Crippen LogP contribution in [0.4, 0.5) is 5.69 Å². The van der Waals surface area contributed by atoms with Crippen molar-refractivity contribution >= 4 is 33.2 Å². The van der Waals surface area contributed by atoms with Crippen LogP contribution in [0.15, 0.2) is 23.0 Å². The van der Waals surface area contributed by atoms with E-state index in [4.69, 9.17) is 5.73 Å². The van der Waals surface area contributed by atoms with Crippen LogP contribution in [-0.4, -0.2) is 40.9 Å². The van der Waals surface area contributed by atoms with Gasteiger partial charge < -0.3 is 16.0 Å². The van der Waals surface area contributed by atoms with Crippen LogP contribution < -0.4 is 16.6 Å². The fourth-order valence-electron chi connectivity index (χ4n) is 2.33. The third kappa shape index (κ3) is 2.41. The fourth-order valence-corrected chi connectivity index (χ4v) is 3.36. The summed E-state index contributed by atoms with van der Waals surface area (Å²) in [4.78, 5) is 26.2. The molecule has 1 aromatic carbocycles. The first-order chi connectivity index (χ1) is 9.65. The number of fused-ring (bicyclic) bond motifs is 1. The summed E-state index contributed by atoms with van der Waals surface area (Å²) in [6.45, 7) is 3.13. The van der Waals surface area contributed by atoms with Gasteiger partial charge >= 0.3 is 0 Å². The fraction of sp³-hybridized carbons (Fsp3) is 0.385. The van der Waals surface area contributed by atoms with E-state index in [0.717, 1.165) is 17.8 Å². The van der Waals surface area contributed by atoms with E-state index in [0.29, 0.717) is 24.2 Å². The predicted octanol–water partition coefficient (Wildman–Crippen LogP) is 0.0770. The minimum atomic E-state index is -0.117. The van der Waals surface area contributed by atoms with Crippen molar-refractivity contribution in [2.24, 2.45) is 0 Å². The lowest BCUT2D eigenvalue weighted by molar-refractivity contribution is -0.132. The molecule has 106 valence electrons. The van der Waals surface area contributed by atoms with Gasteiger partial charge in [-0.3, -0.25) is 13.5 Å². The Hall–Kier alpha value is -1.86. The Balaban J connectivity index is 1.85. The van der Waals surface area contributed by atoms with E-state index < -0.39 is 0 Å². The molecule has 1 fully saturated rings. The number of piperazine rings is 1. The largest absolute Gasteiger partial charge is 0.399 e. The number of carbonyl (C=O) groups excluding carboxylic acids is 1. The van der Waals surface area contributed by atoms with Gasteiger partial charge in [-0.05, 0) is 18.2 Å². The van der Waals surface area contributed by atoms with Crippen LogP contribution in [0.5, 0.6) is 0 Å². The van der Waals surface area contributed by atoms with Gasteiger partial charge in [-0.2, -0.15) is 0 Å². The minimum absolute atomic E-state index is 0.00636. The Morgan fingerprint density at radius 3 is 2.85 bits per heavy atom. The zero-order valence-corrected chi connectivity index (χ0v) is 11.8. The molecular weight excluding hydrogens is 276 g/mol. The molecule has 1 aromatic heterocycles. The lowest BCUT2D eigenvalue weighted by atomic mass is 10.2. The second-order valence-electron chi connectivity index (χ2n) is 4.82. The highest BCUT2D eigenvalue weighted by atomic mass is 32.1. The predicted molar refractivity (Wildman–Crippen MR) is 79.9 cm³/mol. The molecule has 1 aliphatic heterocycles. The van der Waals surface area contributed by atoms with E-state index in [1.807, 2.05) is 0 Å². The standard InChI is InChI=1S/C13H16N4O2S/c14-9-1-2-10-11(7-9)20-17(13(10)19)8-12(18)16-5-3-15-4-6-16/h1-2,7,15H,3-6,8,14H2. The van der Waals surface area contributed by atoms with Crippen molar-refractivity contribution in [3.8, 4) is 0 Å². The number of hydrogen-bond acceptors (Lipinski definition) is 5. The third-order valence-corrected chi connectivity index (χ3v) is 4.47. The molecule has 20 heavy (non-hydrogen) atoms. The zero-order chi connectivity index (χ0) is 14.1. The Labute approximate surface area is 119 Å². The van der Waals surface area contributed by atoms with Crippen LogP contribution in [0.3, 0.4) is 0 Å². The number of amides is 1. The molecule has 7 heteroatoms. The summed E-state index contributed by atoms with van der Waals surface area (Å²) >= 11 is 1.29. The van der Waals surface area contributed by atoms with Crippen molar-refractivity contribution in [1.82, 2.24) is 14.2 Å². The first-order valence-corrected chi connectivity index (χ1v) is 7.30. The van der Waals surface area contributed by atoms with Crippen LogP contribution >= 0.6 is 11.5 Å². The average molecular weight is 292 g/mol. The molecule has 1 saturated heterocycles. The molecule has 6 nitrogen and oxygen atoms in total. The van der Waals surface area contributed by atoms with Gasteiger partial charge in [0.1, 0.15) is 6.54 Å². The van der Waals surface area contributed by atoms with E-state index in [9.17, 15) is 9.59 Å². The lowest BCUT2D eigenvalue weighted by Crippen LogP contribution is -2.47. The molecule has 2 aromatic rings. The maximum absolute atomic E-state index is 12.2. The van der Waals surface area contributed by atoms with E-state index >= 15 is 0 Å². The smallest absolute Gasteiger partial charge is 0.269 e. The van der Waals surface area contributed by atoms with E-state index in [1.54, 1.807) is 23.1 Å². The normalized spacial score (nSPS) is 15.7. The Morgan fingerprint density at radius 2 is 2.10 bits per heavy atom. The second-order valence-corrected chi connectivity index (χ2v) is 5.88. The number of benzene rings is 1. The number of aromatic nitrogens is 1.